The van der Waals surface area contributed by atoms with Gasteiger partial charge in [0, 0.05) is 0 Å². The molecule has 1 heterocycles. The summed E-state index contributed by atoms with van der Waals surface area (Å²) in [4.78, 5) is 15.1. The third-order valence-corrected chi connectivity index (χ3v) is 1.87. The second-order valence-electron chi connectivity index (χ2n) is 3.12. The Balaban J connectivity index is 3.10. The molecule has 0 saturated carbocycles. The van der Waals surface area contributed by atoms with E-state index in [0.717, 1.165) is 0 Å². The molecule has 3 heteroatoms. The van der Waals surface area contributed by atoms with Crippen molar-refractivity contribution in [1.82, 2.24) is 0 Å². The van der Waals surface area contributed by atoms with Gasteiger partial charge in [0.15, 0.2) is 11.5 Å². The summed E-state index contributed by atoms with van der Waals surface area (Å²) in [5.41, 5.74) is 1.08. The van der Waals surface area contributed by atoms with E-state index in [0.29, 0.717) is 22.9 Å². The van der Waals surface area contributed by atoms with Gasteiger partial charge >= 0.3 is 0 Å². The number of rotatable bonds is 4. The topological polar surface area (TPSA) is 38.7 Å². The summed E-state index contributed by atoms with van der Waals surface area (Å²) in [5, 5.41) is 0. The van der Waals surface area contributed by atoms with E-state index in [1.807, 2.05) is 0 Å². The lowest BCUT2D eigenvalue weighted by Crippen LogP contribution is -2.09. The zero-order chi connectivity index (χ0) is 12.1. The van der Waals surface area contributed by atoms with Crippen LogP contribution in [0.15, 0.2) is 66.2 Å². The molecule has 0 radical (unpaired) electrons. The van der Waals surface area contributed by atoms with Crippen LogP contribution in [0.25, 0.3) is 0 Å². The monoisotopic (exact) mass is 215 g/mol. The van der Waals surface area contributed by atoms with Crippen LogP contribution in [0.2, 0.25) is 0 Å². The molecule has 1 aliphatic heterocycles. The number of ketones is 1. The number of nitrogens with zero attached hydrogens (tertiary/aromatic N) is 1. The van der Waals surface area contributed by atoms with Gasteiger partial charge in [0.1, 0.15) is 17.2 Å². The normalized spacial score (nSPS) is 15.8. The largest absolute Gasteiger partial charge is 0.453 e. The number of hydrogen-bond donors (Lipinski definition) is 0. The minimum absolute atomic E-state index is 0.0610. The molecule has 3 nitrogen and oxygen atoms in total. The van der Waals surface area contributed by atoms with E-state index in [1.165, 1.54) is 19.1 Å². The van der Waals surface area contributed by atoms with Crippen molar-refractivity contribution in [2.24, 2.45) is 4.99 Å². The lowest BCUT2D eigenvalue weighted by molar-refractivity contribution is -0.112. The van der Waals surface area contributed by atoms with Crippen LogP contribution in [0.3, 0.4) is 0 Å². The minimum atomic E-state index is -0.0610. The van der Waals surface area contributed by atoms with Crippen molar-refractivity contribution in [3.63, 3.8) is 0 Å². The van der Waals surface area contributed by atoms with Crippen LogP contribution >= 0.6 is 0 Å². The molecular formula is C13H13NO2. The maximum atomic E-state index is 10.8. The van der Waals surface area contributed by atoms with Crippen molar-refractivity contribution >= 4 is 11.5 Å². The molecule has 1 aliphatic rings. The van der Waals surface area contributed by atoms with Crippen molar-refractivity contribution in [1.29, 1.82) is 0 Å². The van der Waals surface area contributed by atoms with E-state index in [2.05, 4.69) is 24.7 Å². The highest BCUT2D eigenvalue weighted by Crippen LogP contribution is 2.21. The summed E-state index contributed by atoms with van der Waals surface area (Å²) in [6.45, 7) is 12.4. The third kappa shape index (κ3) is 2.67. The summed E-state index contributed by atoms with van der Waals surface area (Å²) in [5.74, 6) is 0.840. The predicted octanol–water partition coefficient (Wildman–Crippen LogP) is 2.70. The fraction of sp³-hybridized carbons (Fsp3) is 0.0769. The average molecular weight is 215 g/mol. The van der Waals surface area contributed by atoms with Gasteiger partial charge in [0.25, 0.3) is 0 Å². The summed E-state index contributed by atoms with van der Waals surface area (Å²) in [6.07, 6.45) is 6.07. The zero-order valence-electron chi connectivity index (χ0n) is 9.19. The predicted molar refractivity (Wildman–Crippen MR) is 64.9 cm³/mol. The van der Waals surface area contributed by atoms with Gasteiger partial charge < -0.3 is 4.74 Å². The van der Waals surface area contributed by atoms with Gasteiger partial charge in [0.2, 0.25) is 0 Å². The van der Waals surface area contributed by atoms with Crippen LogP contribution in [0.4, 0.5) is 0 Å². The molecule has 0 amide bonds. The maximum Gasteiger partial charge on any atom is 0.152 e. The Morgan fingerprint density at radius 2 is 2.06 bits per heavy atom. The Kier molecular flexibility index (Phi) is 3.78. The molecule has 0 aromatic rings. The van der Waals surface area contributed by atoms with E-state index in [-0.39, 0.29) is 5.78 Å². The van der Waals surface area contributed by atoms with Crippen molar-refractivity contribution in [3.05, 3.63) is 61.3 Å². The quantitative estimate of drug-likeness (QED) is 0.676. The number of carbonyl (C=O) groups excluding carboxylic acids is 1. The summed E-state index contributed by atoms with van der Waals surface area (Å²) in [7, 11) is 0. The molecule has 0 N–H and O–H groups in total. The van der Waals surface area contributed by atoms with E-state index in [1.54, 1.807) is 12.2 Å². The van der Waals surface area contributed by atoms with Crippen molar-refractivity contribution in [2.45, 2.75) is 6.92 Å². The molecule has 1 rings (SSSR count). The van der Waals surface area contributed by atoms with E-state index < -0.39 is 0 Å². The Morgan fingerprint density at radius 3 is 2.56 bits per heavy atom. The summed E-state index contributed by atoms with van der Waals surface area (Å²) in [6, 6.07) is 0. The van der Waals surface area contributed by atoms with Crippen LogP contribution in [0.5, 0.6) is 0 Å². The molecule has 0 aliphatic carbocycles. The molecule has 0 fully saturated rings. The van der Waals surface area contributed by atoms with Crippen LogP contribution < -0.4 is 0 Å². The summed E-state index contributed by atoms with van der Waals surface area (Å²) >= 11 is 0. The Bertz CT molecular complexity index is 451. The van der Waals surface area contributed by atoms with Gasteiger partial charge in [-0.05, 0) is 31.2 Å². The van der Waals surface area contributed by atoms with E-state index >= 15 is 0 Å². The van der Waals surface area contributed by atoms with Gasteiger partial charge in [-0.2, -0.15) is 0 Å². The first kappa shape index (κ1) is 11.9. The highest BCUT2D eigenvalue weighted by molar-refractivity contribution is 6.10. The SMILES string of the molecule is C=CC1=C(C=C)OC(=C)C(/C=C\C(C)=O)=N1. The number of aliphatic imine (C=N–C) groups is 1. The molecule has 0 bridgehead atoms. The minimum Gasteiger partial charge on any atom is -0.453 e. The third-order valence-electron chi connectivity index (χ3n) is 1.87. The second-order valence-corrected chi connectivity index (χ2v) is 3.12. The fourth-order valence-electron chi connectivity index (χ4n) is 1.10. The van der Waals surface area contributed by atoms with Crippen LogP contribution in [0.1, 0.15) is 6.92 Å². The molecule has 82 valence electrons. The lowest BCUT2D eigenvalue weighted by Gasteiger charge is -2.16. The molecule has 0 aromatic heterocycles. The first-order valence-electron chi connectivity index (χ1n) is 4.72. The van der Waals surface area contributed by atoms with E-state index in [4.69, 9.17) is 4.74 Å². The van der Waals surface area contributed by atoms with Crippen molar-refractivity contribution in [3.8, 4) is 0 Å². The molecule has 0 saturated heterocycles. The smallest absolute Gasteiger partial charge is 0.152 e. The number of allylic oxidation sites excluding steroid dienone is 4. The highest BCUT2D eigenvalue weighted by atomic mass is 16.5. The number of hydrogen-bond acceptors (Lipinski definition) is 3. The lowest BCUT2D eigenvalue weighted by atomic mass is 10.2. The van der Waals surface area contributed by atoms with Gasteiger partial charge in [-0.25, -0.2) is 4.99 Å². The first-order chi connectivity index (χ1) is 7.58. The Labute approximate surface area is 94.8 Å². The molecule has 0 unspecified atom stereocenters. The summed E-state index contributed by atoms with van der Waals surface area (Å²) < 4.78 is 5.39. The van der Waals surface area contributed by atoms with Crippen molar-refractivity contribution < 1.29 is 9.53 Å². The maximum absolute atomic E-state index is 10.8. The molecule has 0 spiro atoms. The molecule has 0 aromatic carbocycles. The number of ether oxygens (including phenoxy) is 1. The van der Waals surface area contributed by atoms with Crippen LogP contribution in [0, 0.1) is 0 Å². The van der Waals surface area contributed by atoms with Gasteiger partial charge in [-0.15, -0.1) is 0 Å². The highest BCUT2D eigenvalue weighted by Gasteiger charge is 2.14. The molecule has 0 atom stereocenters. The fourth-order valence-corrected chi connectivity index (χ4v) is 1.10. The zero-order valence-corrected chi connectivity index (χ0v) is 9.19. The first-order valence-corrected chi connectivity index (χ1v) is 4.72. The standard InChI is InChI=1S/C13H13NO2/c1-5-11-13(6-2)16-10(4)12(14-11)8-7-9(3)15/h5-8H,1-2,4H2,3H3/b8-7-. The number of carbonyl (C=O) groups is 1. The van der Waals surface area contributed by atoms with Crippen molar-refractivity contribution in [2.75, 3.05) is 0 Å². The van der Waals surface area contributed by atoms with Gasteiger partial charge in [-0.1, -0.05) is 19.7 Å². The Hall–Kier alpha value is -2.16. The van der Waals surface area contributed by atoms with Gasteiger partial charge in [0.05, 0.1) is 0 Å². The van der Waals surface area contributed by atoms with Gasteiger partial charge in [-0.3, -0.25) is 4.79 Å². The van der Waals surface area contributed by atoms with E-state index in [9.17, 15) is 4.79 Å². The van der Waals surface area contributed by atoms with Crippen LogP contribution in [-0.2, 0) is 9.53 Å². The van der Waals surface area contributed by atoms with Crippen LogP contribution in [-0.4, -0.2) is 11.5 Å². The average Bonchev–Trinajstić information content (AvgIpc) is 2.26. The Morgan fingerprint density at radius 1 is 1.38 bits per heavy atom. The second kappa shape index (κ2) is 5.07. The molecule has 16 heavy (non-hydrogen) atoms. The molecular weight excluding hydrogens is 202 g/mol.